The number of carbonyl (C=O) groups excluding carboxylic acids is 2. The fraction of sp³-hybridized carbons (Fsp3) is 0.143. The van der Waals surface area contributed by atoms with E-state index in [0.29, 0.717) is 28.2 Å². The minimum Gasteiger partial charge on any atom is -0.321 e. The molecule has 2 amide bonds. The molecule has 0 unspecified atom stereocenters. The standard InChI is InChI=1S/C21H17FN4O2/c22-17-3-1-2-14(8-17)16-9-18(12-23-11-16)25-21(28)15-6-7-24-19(10-15)26-20(27)13-4-5-13/h1-3,6-13H,4-5H2,(H,25,28)(H,24,26,27). The Morgan fingerprint density at radius 2 is 1.86 bits per heavy atom. The van der Waals surface area contributed by atoms with Crippen molar-refractivity contribution in [3.63, 3.8) is 0 Å². The van der Waals surface area contributed by atoms with Gasteiger partial charge in [0.25, 0.3) is 5.91 Å². The predicted molar refractivity (Wildman–Crippen MR) is 103 cm³/mol. The number of benzene rings is 1. The Hall–Kier alpha value is -3.61. The molecular formula is C21H17FN4O2. The fourth-order valence-electron chi connectivity index (χ4n) is 2.75. The number of amides is 2. The van der Waals surface area contributed by atoms with Gasteiger partial charge in [0.05, 0.1) is 11.9 Å². The van der Waals surface area contributed by atoms with Crippen molar-refractivity contribution in [1.82, 2.24) is 9.97 Å². The molecule has 28 heavy (non-hydrogen) atoms. The van der Waals surface area contributed by atoms with E-state index in [1.54, 1.807) is 30.5 Å². The molecular weight excluding hydrogens is 359 g/mol. The van der Waals surface area contributed by atoms with Crippen LogP contribution in [-0.2, 0) is 4.79 Å². The quantitative estimate of drug-likeness (QED) is 0.708. The molecule has 0 atom stereocenters. The average Bonchev–Trinajstić information content (AvgIpc) is 3.54. The lowest BCUT2D eigenvalue weighted by Gasteiger charge is -2.09. The van der Waals surface area contributed by atoms with Gasteiger partial charge in [-0.05, 0) is 48.7 Å². The molecule has 0 bridgehead atoms. The van der Waals surface area contributed by atoms with E-state index in [-0.39, 0.29) is 23.5 Å². The third-order valence-corrected chi connectivity index (χ3v) is 4.38. The summed E-state index contributed by atoms with van der Waals surface area (Å²) in [5.74, 6) is -0.379. The maximum absolute atomic E-state index is 13.4. The highest BCUT2D eigenvalue weighted by molar-refractivity contribution is 6.05. The SMILES string of the molecule is O=C(Nc1cncc(-c2cccc(F)c2)c1)c1ccnc(NC(=O)C2CC2)c1. The molecule has 7 heteroatoms. The molecule has 0 radical (unpaired) electrons. The molecule has 1 aliphatic carbocycles. The Labute approximate surface area is 160 Å². The summed E-state index contributed by atoms with van der Waals surface area (Å²) in [6.45, 7) is 0. The Kier molecular flexibility index (Phi) is 4.80. The summed E-state index contributed by atoms with van der Waals surface area (Å²) in [6.07, 6.45) is 6.36. The number of carbonyl (C=O) groups is 2. The van der Waals surface area contributed by atoms with E-state index in [9.17, 15) is 14.0 Å². The van der Waals surface area contributed by atoms with Crippen LogP contribution in [0.1, 0.15) is 23.2 Å². The Balaban J connectivity index is 1.49. The predicted octanol–water partition coefficient (Wildman–Crippen LogP) is 3.88. The molecule has 1 fully saturated rings. The van der Waals surface area contributed by atoms with Gasteiger partial charge in [0.2, 0.25) is 5.91 Å². The Morgan fingerprint density at radius 3 is 2.64 bits per heavy atom. The minimum absolute atomic E-state index is 0.0518. The number of pyridine rings is 2. The van der Waals surface area contributed by atoms with Crippen molar-refractivity contribution in [3.8, 4) is 11.1 Å². The molecule has 0 spiro atoms. The molecule has 0 aliphatic heterocycles. The van der Waals surface area contributed by atoms with Crippen molar-refractivity contribution in [1.29, 1.82) is 0 Å². The fourth-order valence-corrected chi connectivity index (χ4v) is 2.75. The third-order valence-electron chi connectivity index (χ3n) is 4.38. The van der Waals surface area contributed by atoms with Crippen LogP contribution >= 0.6 is 0 Å². The lowest BCUT2D eigenvalue weighted by Crippen LogP contribution is -2.16. The molecule has 0 saturated heterocycles. The van der Waals surface area contributed by atoms with Crippen molar-refractivity contribution in [2.45, 2.75) is 12.8 Å². The van der Waals surface area contributed by atoms with Crippen LogP contribution in [0.3, 0.4) is 0 Å². The molecule has 6 nitrogen and oxygen atoms in total. The van der Waals surface area contributed by atoms with Gasteiger partial charge in [-0.3, -0.25) is 14.6 Å². The van der Waals surface area contributed by atoms with E-state index in [0.717, 1.165) is 12.8 Å². The van der Waals surface area contributed by atoms with Gasteiger partial charge in [0.1, 0.15) is 11.6 Å². The lowest BCUT2D eigenvalue weighted by molar-refractivity contribution is -0.117. The molecule has 1 saturated carbocycles. The first-order valence-electron chi connectivity index (χ1n) is 8.88. The topological polar surface area (TPSA) is 84.0 Å². The summed E-state index contributed by atoms with van der Waals surface area (Å²) in [6, 6.07) is 11.0. The number of nitrogens with one attached hydrogen (secondary N) is 2. The zero-order valence-corrected chi connectivity index (χ0v) is 14.9. The molecule has 2 aromatic heterocycles. The molecule has 2 N–H and O–H groups in total. The third kappa shape index (κ3) is 4.20. The van der Waals surface area contributed by atoms with E-state index in [1.165, 1.54) is 30.6 Å². The van der Waals surface area contributed by atoms with Gasteiger partial charge in [-0.1, -0.05) is 12.1 Å². The van der Waals surface area contributed by atoms with Crippen molar-refractivity contribution in [2.24, 2.45) is 5.92 Å². The van der Waals surface area contributed by atoms with Gasteiger partial charge in [0.15, 0.2) is 0 Å². The number of anilines is 2. The zero-order valence-electron chi connectivity index (χ0n) is 14.9. The van der Waals surface area contributed by atoms with Crippen LogP contribution in [-0.4, -0.2) is 21.8 Å². The van der Waals surface area contributed by atoms with E-state index < -0.39 is 0 Å². The monoisotopic (exact) mass is 376 g/mol. The van der Waals surface area contributed by atoms with Crippen molar-refractivity contribution < 1.29 is 14.0 Å². The van der Waals surface area contributed by atoms with Gasteiger partial charge < -0.3 is 10.6 Å². The second-order valence-corrected chi connectivity index (χ2v) is 6.62. The van der Waals surface area contributed by atoms with Gasteiger partial charge in [0, 0.05) is 29.4 Å². The highest BCUT2D eigenvalue weighted by Gasteiger charge is 2.29. The average molecular weight is 376 g/mol. The first kappa shape index (κ1) is 17.8. The van der Waals surface area contributed by atoms with Crippen molar-refractivity contribution in [3.05, 3.63) is 72.4 Å². The number of nitrogens with zero attached hydrogens (tertiary/aromatic N) is 2. The molecule has 140 valence electrons. The first-order chi connectivity index (χ1) is 13.6. The van der Waals surface area contributed by atoms with Gasteiger partial charge in [-0.2, -0.15) is 0 Å². The van der Waals surface area contributed by atoms with E-state index in [2.05, 4.69) is 20.6 Å². The molecule has 4 rings (SSSR count). The van der Waals surface area contributed by atoms with Crippen molar-refractivity contribution in [2.75, 3.05) is 10.6 Å². The highest BCUT2D eigenvalue weighted by atomic mass is 19.1. The normalized spacial score (nSPS) is 13.0. The molecule has 3 aromatic rings. The smallest absolute Gasteiger partial charge is 0.255 e. The van der Waals surface area contributed by atoms with Crippen LogP contribution in [0.15, 0.2) is 61.1 Å². The molecule has 1 aromatic carbocycles. The molecule has 1 aliphatic rings. The van der Waals surface area contributed by atoms with E-state index in [1.807, 2.05) is 0 Å². The number of rotatable bonds is 5. The van der Waals surface area contributed by atoms with Gasteiger partial charge in [-0.25, -0.2) is 9.37 Å². The summed E-state index contributed by atoms with van der Waals surface area (Å²) >= 11 is 0. The van der Waals surface area contributed by atoms with E-state index in [4.69, 9.17) is 0 Å². The van der Waals surface area contributed by atoms with Crippen LogP contribution in [0.25, 0.3) is 11.1 Å². The van der Waals surface area contributed by atoms with Gasteiger partial charge >= 0.3 is 0 Å². The summed E-state index contributed by atoms with van der Waals surface area (Å²) in [5.41, 5.74) is 2.19. The van der Waals surface area contributed by atoms with Gasteiger partial charge in [-0.15, -0.1) is 0 Å². The van der Waals surface area contributed by atoms with Crippen LogP contribution in [0.5, 0.6) is 0 Å². The summed E-state index contributed by atoms with van der Waals surface area (Å²) in [4.78, 5) is 32.6. The molecule has 2 heterocycles. The number of hydrogen-bond acceptors (Lipinski definition) is 4. The maximum Gasteiger partial charge on any atom is 0.255 e. The zero-order chi connectivity index (χ0) is 19.5. The number of halogens is 1. The summed E-state index contributed by atoms with van der Waals surface area (Å²) in [5, 5.41) is 5.48. The highest BCUT2D eigenvalue weighted by Crippen LogP contribution is 2.30. The van der Waals surface area contributed by atoms with Crippen molar-refractivity contribution >= 4 is 23.3 Å². The minimum atomic E-state index is -0.359. The maximum atomic E-state index is 13.4. The summed E-state index contributed by atoms with van der Waals surface area (Å²) < 4.78 is 13.4. The Bertz CT molecular complexity index is 1050. The Morgan fingerprint density at radius 1 is 1.00 bits per heavy atom. The first-order valence-corrected chi connectivity index (χ1v) is 8.88. The summed E-state index contributed by atoms with van der Waals surface area (Å²) in [7, 11) is 0. The second kappa shape index (κ2) is 7.56. The van der Waals surface area contributed by atoms with Crippen LogP contribution in [0.4, 0.5) is 15.9 Å². The van der Waals surface area contributed by atoms with E-state index >= 15 is 0 Å². The van der Waals surface area contributed by atoms with Crippen LogP contribution in [0.2, 0.25) is 0 Å². The number of hydrogen-bond donors (Lipinski definition) is 2. The number of aromatic nitrogens is 2. The van der Waals surface area contributed by atoms with Crippen LogP contribution < -0.4 is 10.6 Å². The lowest BCUT2D eigenvalue weighted by atomic mass is 10.1. The largest absolute Gasteiger partial charge is 0.321 e. The second-order valence-electron chi connectivity index (χ2n) is 6.62. The van der Waals surface area contributed by atoms with Crippen LogP contribution in [0, 0.1) is 11.7 Å².